The van der Waals surface area contributed by atoms with Crippen molar-refractivity contribution in [3.05, 3.63) is 0 Å². The molecule has 0 aromatic carbocycles. The summed E-state index contributed by atoms with van der Waals surface area (Å²) in [6, 6.07) is 0.203. The quantitative estimate of drug-likeness (QED) is 0.808. The largest absolute Gasteiger partial charge is 0.450 e. The van der Waals surface area contributed by atoms with Crippen LogP contribution in [0.15, 0.2) is 0 Å². The van der Waals surface area contributed by atoms with E-state index in [0.29, 0.717) is 32.7 Å². The number of rotatable bonds is 3. The van der Waals surface area contributed by atoms with Crippen molar-refractivity contribution >= 4 is 12.0 Å². The number of piperidine rings is 1. The maximum absolute atomic E-state index is 11.9. The molecule has 2 heterocycles. The zero-order chi connectivity index (χ0) is 13.8. The Kier molecular flexibility index (Phi) is 4.63. The second-order valence-corrected chi connectivity index (χ2v) is 5.22. The highest BCUT2D eigenvalue weighted by Crippen LogP contribution is 2.25. The molecule has 1 N–H and O–H groups in total. The van der Waals surface area contributed by atoms with E-state index >= 15 is 0 Å². The molecule has 2 fully saturated rings. The minimum Gasteiger partial charge on any atom is -0.450 e. The SMILES string of the molecule is CCOC(=O)N1CCC(N2CC(CO)CC2=O)CC1. The van der Waals surface area contributed by atoms with Crippen molar-refractivity contribution in [2.24, 2.45) is 5.92 Å². The van der Waals surface area contributed by atoms with Crippen molar-refractivity contribution in [2.75, 3.05) is 32.8 Å². The van der Waals surface area contributed by atoms with Crippen molar-refractivity contribution in [1.82, 2.24) is 9.80 Å². The molecule has 6 nitrogen and oxygen atoms in total. The lowest BCUT2D eigenvalue weighted by Gasteiger charge is -2.36. The first-order chi connectivity index (χ1) is 9.15. The minimum absolute atomic E-state index is 0.0733. The van der Waals surface area contributed by atoms with Gasteiger partial charge in [0, 0.05) is 44.6 Å². The van der Waals surface area contributed by atoms with Crippen LogP contribution in [0.1, 0.15) is 26.2 Å². The van der Waals surface area contributed by atoms with Crippen LogP contribution in [0.2, 0.25) is 0 Å². The zero-order valence-electron chi connectivity index (χ0n) is 11.4. The van der Waals surface area contributed by atoms with E-state index in [2.05, 4.69) is 0 Å². The van der Waals surface area contributed by atoms with E-state index in [1.807, 2.05) is 4.90 Å². The zero-order valence-corrected chi connectivity index (χ0v) is 11.4. The molecule has 0 aliphatic carbocycles. The van der Waals surface area contributed by atoms with Gasteiger partial charge in [0.05, 0.1) is 6.61 Å². The molecule has 108 valence electrons. The molecule has 6 heteroatoms. The van der Waals surface area contributed by atoms with Crippen LogP contribution >= 0.6 is 0 Å². The van der Waals surface area contributed by atoms with Crippen LogP contribution < -0.4 is 0 Å². The molecule has 0 bridgehead atoms. The third kappa shape index (κ3) is 3.18. The van der Waals surface area contributed by atoms with Gasteiger partial charge in [0.15, 0.2) is 0 Å². The lowest BCUT2D eigenvalue weighted by molar-refractivity contribution is -0.130. The molecule has 2 amide bonds. The average Bonchev–Trinajstić information content (AvgIpc) is 2.80. The first-order valence-corrected chi connectivity index (χ1v) is 6.97. The van der Waals surface area contributed by atoms with Crippen molar-refractivity contribution in [3.8, 4) is 0 Å². The van der Waals surface area contributed by atoms with Gasteiger partial charge in [0.25, 0.3) is 0 Å². The number of hydrogen-bond donors (Lipinski definition) is 1. The van der Waals surface area contributed by atoms with Gasteiger partial charge in [-0.25, -0.2) is 4.79 Å². The third-order valence-corrected chi connectivity index (χ3v) is 3.93. The maximum Gasteiger partial charge on any atom is 0.409 e. The number of hydrogen-bond acceptors (Lipinski definition) is 4. The maximum atomic E-state index is 11.9. The van der Waals surface area contributed by atoms with Crippen LogP contribution in [0.4, 0.5) is 4.79 Å². The Hall–Kier alpha value is -1.30. The summed E-state index contributed by atoms with van der Waals surface area (Å²) < 4.78 is 4.97. The standard InChI is InChI=1S/C13H22N2O4/c1-2-19-13(18)14-5-3-11(4-6-14)15-8-10(9-16)7-12(15)17/h10-11,16H,2-9H2,1H3. The summed E-state index contributed by atoms with van der Waals surface area (Å²) in [4.78, 5) is 27.0. The fourth-order valence-electron chi connectivity index (χ4n) is 2.86. The van der Waals surface area contributed by atoms with Crippen LogP contribution in [-0.4, -0.2) is 65.8 Å². The summed E-state index contributed by atoms with van der Waals surface area (Å²) in [6.07, 6.45) is 1.78. The first-order valence-electron chi connectivity index (χ1n) is 6.97. The van der Waals surface area contributed by atoms with Crippen molar-refractivity contribution in [3.63, 3.8) is 0 Å². The van der Waals surface area contributed by atoms with E-state index in [0.717, 1.165) is 12.8 Å². The van der Waals surface area contributed by atoms with Crippen molar-refractivity contribution in [1.29, 1.82) is 0 Å². The number of likely N-dealkylation sites (tertiary alicyclic amines) is 2. The van der Waals surface area contributed by atoms with Crippen LogP contribution in [0.25, 0.3) is 0 Å². The molecule has 2 rings (SSSR count). The van der Waals surface area contributed by atoms with E-state index in [4.69, 9.17) is 9.84 Å². The molecule has 0 saturated carbocycles. The van der Waals surface area contributed by atoms with Gasteiger partial charge in [-0.15, -0.1) is 0 Å². The molecule has 0 aromatic heterocycles. The Balaban J connectivity index is 1.83. The van der Waals surface area contributed by atoms with E-state index in [1.165, 1.54) is 0 Å². The average molecular weight is 270 g/mol. The van der Waals surface area contributed by atoms with Gasteiger partial charge in [-0.3, -0.25) is 4.79 Å². The minimum atomic E-state index is -0.262. The van der Waals surface area contributed by atoms with Crippen molar-refractivity contribution < 1.29 is 19.4 Å². The summed E-state index contributed by atoms with van der Waals surface area (Å²) in [5.41, 5.74) is 0. The molecular formula is C13H22N2O4. The Labute approximate surface area is 113 Å². The molecular weight excluding hydrogens is 248 g/mol. The molecule has 2 aliphatic heterocycles. The van der Waals surface area contributed by atoms with Crippen LogP contribution in [0.3, 0.4) is 0 Å². The fraction of sp³-hybridized carbons (Fsp3) is 0.846. The predicted molar refractivity (Wildman–Crippen MR) is 68.5 cm³/mol. The summed E-state index contributed by atoms with van der Waals surface area (Å²) in [5.74, 6) is 0.212. The molecule has 0 aromatic rings. The molecule has 19 heavy (non-hydrogen) atoms. The monoisotopic (exact) mass is 270 g/mol. The fourth-order valence-corrected chi connectivity index (χ4v) is 2.86. The number of aliphatic hydroxyl groups is 1. The number of nitrogens with zero attached hydrogens (tertiary/aromatic N) is 2. The second kappa shape index (κ2) is 6.23. The van der Waals surface area contributed by atoms with Gasteiger partial charge in [-0.1, -0.05) is 0 Å². The van der Waals surface area contributed by atoms with E-state index in [1.54, 1.807) is 11.8 Å². The van der Waals surface area contributed by atoms with Crippen LogP contribution in [0, 0.1) is 5.92 Å². The Morgan fingerprint density at radius 3 is 2.63 bits per heavy atom. The lowest BCUT2D eigenvalue weighted by Crippen LogP contribution is -2.47. The summed E-state index contributed by atoms with van der Waals surface area (Å²) in [7, 11) is 0. The first kappa shape index (κ1) is 14.1. The van der Waals surface area contributed by atoms with Crippen molar-refractivity contribution in [2.45, 2.75) is 32.2 Å². The second-order valence-electron chi connectivity index (χ2n) is 5.22. The highest BCUT2D eigenvalue weighted by atomic mass is 16.6. The number of carbonyl (C=O) groups is 2. The van der Waals surface area contributed by atoms with E-state index in [9.17, 15) is 9.59 Å². The lowest BCUT2D eigenvalue weighted by atomic mass is 10.0. The third-order valence-electron chi connectivity index (χ3n) is 3.93. The van der Waals surface area contributed by atoms with Gasteiger partial charge >= 0.3 is 6.09 Å². The van der Waals surface area contributed by atoms with Crippen LogP contribution in [-0.2, 0) is 9.53 Å². The topological polar surface area (TPSA) is 70.1 Å². The smallest absolute Gasteiger partial charge is 0.409 e. The molecule has 2 aliphatic rings. The Morgan fingerprint density at radius 1 is 1.42 bits per heavy atom. The summed E-state index contributed by atoms with van der Waals surface area (Å²) in [5, 5.41) is 9.13. The van der Waals surface area contributed by atoms with Gasteiger partial charge in [0.1, 0.15) is 0 Å². The number of carbonyl (C=O) groups excluding carboxylic acids is 2. The molecule has 0 spiro atoms. The highest BCUT2D eigenvalue weighted by molar-refractivity contribution is 5.79. The summed E-state index contributed by atoms with van der Waals surface area (Å²) in [6.45, 7) is 4.18. The van der Waals surface area contributed by atoms with Gasteiger partial charge in [0.2, 0.25) is 5.91 Å². The normalized spacial score (nSPS) is 24.9. The molecule has 0 radical (unpaired) electrons. The molecule has 2 saturated heterocycles. The van der Waals surface area contributed by atoms with Gasteiger partial charge < -0.3 is 19.6 Å². The predicted octanol–water partition coefficient (Wildman–Crippen LogP) is 0.448. The molecule has 1 unspecified atom stereocenters. The van der Waals surface area contributed by atoms with E-state index in [-0.39, 0.29) is 30.6 Å². The summed E-state index contributed by atoms with van der Waals surface area (Å²) >= 11 is 0. The van der Waals surface area contributed by atoms with Gasteiger partial charge in [-0.05, 0) is 19.8 Å². The highest BCUT2D eigenvalue weighted by Gasteiger charge is 2.36. The number of amides is 2. The number of aliphatic hydroxyl groups excluding tert-OH is 1. The molecule has 1 atom stereocenters. The van der Waals surface area contributed by atoms with Crippen LogP contribution in [0.5, 0.6) is 0 Å². The Bertz CT molecular complexity index is 340. The van der Waals surface area contributed by atoms with E-state index < -0.39 is 0 Å². The number of ether oxygens (including phenoxy) is 1. The van der Waals surface area contributed by atoms with Gasteiger partial charge in [-0.2, -0.15) is 0 Å². The Morgan fingerprint density at radius 2 is 2.11 bits per heavy atom.